The summed E-state index contributed by atoms with van der Waals surface area (Å²) in [5, 5.41) is 8.08. The average Bonchev–Trinajstić information content (AvgIpc) is 2.79. The van der Waals surface area contributed by atoms with Gasteiger partial charge in [0.25, 0.3) is 0 Å². The van der Waals surface area contributed by atoms with Crippen LogP contribution in [-0.2, 0) is 10.3 Å². The van der Waals surface area contributed by atoms with Gasteiger partial charge >= 0.3 is 0 Å². The summed E-state index contributed by atoms with van der Waals surface area (Å²) in [6.45, 7) is 3.85. The third kappa shape index (κ3) is 2.26. The molecule has 0 aliphatic carbocycles. The number of aromatic nitrogens is 4. The Morgan fingerprint density at radius 3 is 2.82 bits per heavy atom. The second-order valence-electron chi connectivity index (χ2n) is 4.21. The zero-order valence-electron chi connectivity index (χ0n) is 10.1. The number of rotatable bonds is 3. The molecule has 2 rings (SSSR count). The van der Waals surface area contributed by atoms with Crippen molar-refractivity contribution in [3.8, 4) is 5.82 Å². The predicted molar refractivity (Wildman–Crippen MR) is 63.6 cm³/mol. The number of ether oxygens (including phenoxy) is 1. The summed E-state index contributed by atoms with van der Waals surface area (Å²) in [7, 11) is 1.64. The van der Waals surface area contributed by atoms with Crippen molar-refractivity contribution in [2.45, 2.75) is 19.4 Å². The molecule has 2 heterocycles. The zero-order valence-corrected chi connectivity index (χ0v) is 10.1. The number of anilines is 1. The van der Waals surface area contributed by atoms with E-state index in [4.69, 9.17) is 10.5 Å². The van der Waals surface area contributed by atoms with E-state index in [0.29, 0.717) is 11.5 Å². The van der Waals surface area contributed by atoms with E-state index in [1.165, 1.54) is 0 Å². The van der Waals surface area contributed by atoms with Gasteiger partial charge < -0.3 is 10.5 Å². The molecule has 6 nitrogen and oxygen atoms in total. The first kappa shape index (κ1) is 11.5. The van der Waals surface area contributed by atoms with E-state index in [2.05, 4.69) is 15.3 Å². The molecule has 2 aromatic heterocycles. The molecule has 0 aliphatic rings. The Morgan fingerprint density at radius 2 is 2.18 bits per heavy atom. The van der Waals surface area contributed by atoms with Crippen LogP contribution in [0.2, 0.25) is 0 Å². The standard InChI is InChI=1S/C11H15N5O/c1-11(2,17-3)9-7-16(15-14-9)10-6-8(12)4-5-13-10/h4-7H,1-3H3,(H2,12,13). The van der Waals surface area contributed by atoms with Gasteiger partial charge in [-0.05, 0) is 19.9 Å². The van der Waals surface area contributed by atoms with Crippen LogP contribution in [0.15, 0.2) is 24.5 Å². The minimum absolute atomic E-state index is 0.474. The Balaban J connectivity index is 2.36. The fourth-order valence-electron chi connectivity index (χ4n) is 1.32. The second kappa shape index (κ2) is 4.14. The minimum atomic E-state index is -0.474. The van der Waals surface area contributed by atoms with E-state index < -0.39 is 5.60 Å². The highest BCUT2D eigenvalue weighted by Crippen LogP contribution is 2.21. The molecule has 2 aromatic rings. The summed E-state index contributed by atoms with van der Waals surface area (Å²) in [6, 6.07) is 3.46. The van der Waals surface area contributed by atoms with Crippen molar-refractivity contribution in [3.05, 3.63) is 30.2 Å². The van der Waals surface area contributed by atoms with Crippen molar-refractivity contribution in [2.75, 3.05) is 12.8 Å². The SMILES string of the molecule is COC(C)(C)c1cn(-c2cc(N)ccn2)nn1. The molecule has 6 heteroatoms. The molecule has 2 N–H and O–H groups in total. The van der Waals surface area contributed by atoms with Crippen LogP contribution in [0.3, 0.4) is 0 Å². The van der Waals surface area contributed by atoms with Crippen molar-refractivity contribution in [1.82, 2.24) is 20.0 Å². The molecule has 0 fully saturated rings. The van der Waals surface area contributed by atoms with Crippen LogP contribution < -0.4 is 5.73 Å². The van der Waals surface area contributed by atoms with Crippen molar-refractivity contribution in [3.63, 3.8) is 0 Å². The predicted octanol–water partition coefficient (Wildman–Crippen LogP) is 1.13. The molecule has 0 saturated carbocycles. The summed E-state index contributed by atoms with van der Waals surface area (Å²) < 4.78 is 6.91. The number of nitrogen functional groups attached to an aromatic ring is 1. The summed E-state index contributed by atoms with van der Waals surface area (Å²) in [5.41, 5.74) is 6.59. The molecule has 0 amide bonds. The van der Waals surface area contributed by atoms with Crippen molar-refractivity contribution < 1.29 is 4.74 Å². The monoisotopic (exact) mass is 233 g/mol. The molecule has 0 spiro atoms. The molecule has 0 unspecified atom stereocenters. The number of methoxy groups -OCH3 is 1. The molecule has 0 aliphatic heterocycles. The maximum Gasteiger partial charge on any atom is 0.157 e. The van der Waals surface area contributed by atoms with E-state index in [0.717, 1.165) is 5.69 Å². The van der Waals surface area contributed by atoms with Gasteiger partial charge in [0.2, 0.25) is 0 Å². The van der Waals surface area contributed by atoms with Gasteiger partial charge in [0.15, 0.2) is 5.82 Å². The summed E-state index contributed by atoms with van der Waals surface area (Å²) in [5.74, 6) is 0.635. The Kier molecular flexibility index (Phi) is 2.81. The van der Waals surface area contributed by atoms with Gasteiger partial charge in [0.1, 0.15) is 11.3 Å². The van der Waals surface area contributed by atoms with Crippen molar-refractivity contribution in [2.24, 2.45) is 0 Å². The number of hydrogen-bond acceptors (Lipinski definition) is 5. The Labute approximate surface area is 99.4 Å². The van der Waals surface area contributed by atoms with Crippen LogP contribution in [0.25, 0.3) is 5.82 Å². The van der Waals surface area contributed by atoms with Crippen LogP contribution in [0.4, 0.5) is 5.69 Å². The highest BCUT2D eigenvalue weighted by Gasteiger charge is 2.23. The van der Waals surface area contributed by atoms with E-state index >= 15 is 0 Å². The fraction of sp³-hybridized carbons (Fsp3) is 0.364. The van der Waals surface area contributed by atoms with Gasteiger partial charge in [-0.15, -0.1) is 5.10 Å². The molecule has 0 bridgehead atoms. The Morgan fingerprint density at radius 1 is 1.41 bits per heavy atom. The molecule has 17 heavy (non-hydrogen) atoms. The van der Waals surface area contributed by atoms with E-state index in [1.54, 1.807) is 36.3 Å². The van der Waals surface area contributed by atoms with E-state index in [9.17, 15) is 0 Å². The third-order valence-electron chi connectivity index (χ3n) is 2.62. The summed E-state index contributed by atoms with van der Waals surface area (Å²) in [6.07, 6.45) is 3.42. The Bertz CT molecular complexity index is 520. The highest BCUT2D eigenvalue weighted by atomic mass is 16.5. The second-order valence-corrected chi connectivity index (χ2v) is 4.21. The lowest BCUT2D eigenvalue weighted by Gasteiger charge is -2.18. The zero-order chi connectivity index (χ0) is 12.5. The van der Waals surface area contributed by atoms with Crippen molar-refractivity contribution >= 4 is 5.69 Å². The van der Waals surface area contributed by atoms with Crippen LogP contribution in [-0.4, -0.2) is 27.1 Å². The Hall–Kier alpha value is -1.95. The van der Waals surface area contributed by atoms with Crippen LogP contribution in [0.1, 0.15) is 19.5 Å². The minimum Gasteiger partial charge on any atom is -0.399 e. The van der Waals surface area contributed by atoms with Gasteiger partial charge in [0, 0.05) is 25.1 Å². The van der Waals surface area contributed by atoms with Gasteiger partial charge in [0.05, 0.1) is 6.20 Å². The number of pyridine rings is 1. The number of hydrogen-bond donors (Lipinski definition) is 1. The van der Waals surface area contributed by atoms with E-state index in [-0.39, 0.29) is 0 Å². The molecular weight excluding hydrogens is 218 g/mol. The summed E-state index contributed by atoms with van der Waals surface area (Å²) in [4.78, 5) is 4.17. The van der Waals surface area contributed by atoms with Gasteiger partial charge in [-0.1, -0.05) is 5.21 Å². The lowest BCUT2D eigenvalue weighted by atomic mass is 10.1. The maximum absolute atomic E-state index is 5.69. The highest BCUT2D eigenvalue weighted by molar-refractivity contribution is 5.42. The topological polar surface area (TPSA) is 78.9 Å². The molecule has 0 radical (unpaired) electrons. The van der Waals surface area contributed by atoms with Gasteiger partial charge in [-0.25, -0.2) is 9.67 Å². The lowest BCUT2D eigenvalue weighted by molar-refractivity contribution is 0.0154. The van der Waals surface area contributed by atoms with Gasteiger partial charge in [-0.2, -0.15) is 0 Å². The van der Waals surface area contributed by atoms with E-state index in [1.807, 2.05) is 13.8 Å². The first-order chi connectivity index (χ1) is 8.03. The smallest absolute Gasteiger partial charge is 0.157 e. The molecule has 0 saturated heterocycles. The molecular formula is C11H15N5O. The first-order valence-corrected chi connectivity index (χ1v) is 5.23. The molecule has 90 valence electrons. The largest absolute Gasteiger partial charge is 0.399 e. The fourth-order valence-corrected chi connectivity index (χ4v) is 1.32. The number of nitrogens with zero attached hydrogens (tertiary/aromatic N) is 4. The summed E-state index contributed by atoms with van der Waals surface area (Å²) >= 11 is 0. The normalized spacial score (nSPS) is 11.7. The quantitative estimate of drug-likeness (QED) is 0.859. The first-order valence-electron chi connectivity index (χ1n) is 5.23. The van der Waals surface area contributed by atoms with Crippen LogP contribution in [0, 0.1) is 0 Å². The molecule has 0 aromatic carbocycles. The van der Waals surface area contributed by atoms with Crippen LogP contribution >= 0.6 is 0 Å². The average molecular weight is 233 g/mol. The number of nitrogens with two attached hydrogens (primary N) is 1. The lowest BCUT2D eigenvalue weighted by Crippen LogP contribution is -2.19. The maximum atomic E-state index is 5.69. The van der Waals surface area contributed by atoms with Crippen LogP contribution in [0.5, 0.6) is 0 Å². The molecule has 0 atom stereocenters. The van der Waals surface area contributed by atoms with Crippen molar-refractivity contribution in [1.29, 1.82) is 0 Å². The van der Waals surface area contributed by atoms with Gasteiger partial charge in [-0.3, -0.25) is 0 Å². The third-order valence-corrected chi connectivity index (χ3v) is 2.62.